The van der Waals surface area contributed by atoms with Crippen molar-refractivity contribution in [1.29, 1.82) is 0 Å². The first-order valence-electron chi connectivity index (χ1n) is 10.2. The van der Waals surface area contributed by atoms with Gasteiger partial charge in [0.05, 0.1) is 7.11 Å². The fourth-order valence-corrected chi connectivity index (χ4v) is 5.02. The summed E-state index contributed by atoms with van der Waals surface area (Å²) < 4.78 is 5.38. The standard InChI is InChI=1S/C21H33N3O/c1-25-21-8-4-6-19(16-21)23-14-9-18(10-15-23)24-13-5-7-20(17-24)22-11-2-3-12-22/h4,6,8,16,18,20H,2-3,5,7,9-15,17H2,1H3. The highest BCUT2D eigenvalue weighted by Crippen LogP contribution is 2.28. The van der Waals surface area contributed by atoms with E-state index in [-0.39, 0.29) is 0 Å². The minimum atomic E-state index is 0.785. The highest BCUT2D eigenvalue weighted by Gasteiger charge is 2.32. The lowest BCUT2D eigenvalue weighted by Crippen LogP contribution is -2.53. The second-order valence-corrected chi connectivity index (χ2v) is 7.95. The van der Waals surface area contributed by atoms with Crippen molar-refractivity contribution < 1.29 is 4.74 Å². The maximum absolute atomic E-state index is 5.38. The van der Waals surface area contributed by atoms with Gasteiger partial charge in [-0.2, -0.15) is 0 Å². The Morgan fingerprint density at radius 2 is 1.60 bits per heavy atom. The number of anilines is 1. The first-order valence-corrected chi connectivity index (χ1v) is 10.2. The molecular formula is C21H33N3O. The number of rotatable bonds is 4. The molecule has 3 aliphatic rings. The number of nitrogens with zero attached hydrogens (tertiary/aromatic N) is 3. The normalized spacial score (nSPS) is 26.9. The van der Waals surface area contributed by atoms with Crippen molar-refractivity contribution in [2.45, 2.75) is 50.6 Å². The van der Waals surface area contributed by atoms with E-state index in [0.29, 0.717) is 0 Å². The molecule has 0 radical (unpaired) electrons. The Hall–Kier alpha value is -1.26. The van der Waals surface area contributed by atoms with Crippen LogP contribution < -0.4 is 9.64 Å². The van der Waals surface area contributed by atoms with Crippen LogP contribution in [0.4, 0.5) is 5.69 Å². The van der Waals surface area contributed by atoms with E-state index in [1.165, 1.54) is 83.5 Å². The molecule has 25 heavy (non-hydrogen) atoms. The van der Waals surface area contributed by atoms with Crippen molar-refractivity contribution in [1.82, 2.24) is 9.80 Å². The van der Waals surface area contributed by atoms with Crippen molar-refractivity contribution in [2.24, 2.45) is 0 Å². The Kier molecular flexibility index (Phi) is 5.47. The molecule has 0 aromatic heterocycles. The number of benzene rings is 1. The zero-order valence-electron chi connectivity index (χ0n) is 15.7. The smallest absolute Gasteiger partial charge is 0.120 e. The Bertz CT molecular complexity index is 550. The van der Waals surface area contributed by atoms with E-state index in [1.807, 2.05) is 6.07 Å². The predicted molar refractivity (Wildman–Crippen MR) is 104 cm³/mol. The van der Waals surface area contributed by atoms with Gasteiger partial charge in [0.2, 0.25) is 0 Å². The van der Waals surface area contributed by atoms with Crippen molar-refractivity contribution >= 4 is 5.69 Å². The molecule has 1 unspecified atom stereocenters. The Morgan fingerprint density at radius 1 is 0.840 bits per heavy atom. The van der Waals surface area contributed by atoms with Crippen molar-refractivity contribution in [2.75, 3.05) is 51.3 Å². The maximum Gasteiger partial charge on any atom is 0.120 e. The van der Waals surface area contributed by atoms with E-state index >= 15 is 0 Å². The SMILES string of the molecule is COc1cccc(N2CCC(N3CCCC(N4CCCC4)C3)CC2)c1. The molecule has 3 heterocycles. The predicted octanol–water partition coefficient (Wildman–Crippen LogP) is 3.22. The summed E-state index contributed by atoms with van der Waals surface area (Å²) in [6, 6.07) is 10.1. The van der Waals surface area contributed by atoms with Gasteiger partial charge in [-0.15, -0.1) is 0 Å². The summed E-state index contributed by atoms with van der Waals surface area (Å²) >= 11 is 0. The van der Waals surface area contributed by atoms with Crippen LogP contribution in [0, 0.1) is 0 Å². The summed E-state index contributed by atoms with van der Waals surface area (Å²) in [6.45, 7) is 7.64. The summed E-state index contributed by atoms with van der Waals surface area (Å²) in [5.41, 5.74) is 1.31. The van der Waals surface area contributed by atoms with Gasteiger partial charge < -0.3 is 9.64 Å². The lowest BCUT2D eigenvalue weighted by Gasteiger charge is -2.44. The second-order valence-electron chi connectivity index (χ2n) is 7.95. The Labute approximate surface area is 152 Å². The zero-order chi connectivity index (χ0) is 17.1. The molecule has 0 saturated carbocycles. The van der Waals surface area contributed by atoms with Crippen molar-refractivity contribution in [3.63, 3.8) is 0 Å². The van der Waals surface area contributed by atoms with E-state index in [0.717, 1.165) is 17.8 Å². The lowest BCUT2D eigenvalue weighted by atomic mass is 9.97. The second kappa shape index (κ2) is 7.96. The summed E-state index contributed by atoms with van der Waals surface area (Å²) in [6.07, 6.45) is 8.22. The third-order valence-electron chi connectivity index (χ3n) is 6.48. The molecule has 4 rings (SSSR count). The number of hydrogen-bond donors (Lipinski definition) is 0. The Balaban J connectivity index is 1.32. The van der Waals surface area contributed by atoms with Crippen LogP contribution in [-0.2, 0) is 0 Å². The average molecular weight is 344 g/mol. The van der Waals surface area contributed by atoms with Crippen LogP contribution in [0.15, 0.2) is 24.3 Å². The summed E-state index contributed by atoms with van der Waals surface area (Å²) in [4.78, 5) is 8.11. The van der Waals surface area contributed by atoms with Crippen LogP contribution in [0.2, 0.25) is 0 Å². The summed E-state index contributed by atoms with van der Waals surface area (Å²) in [5.74, 6) is 0.962. The molecule has 1 atom stereocenters. The van der Waals surface area contributed by atoms with Crippen LogP contribution >= 0.6 is 0 Å². The topological polar surface area (TPSA) is 19.0 Å². The highest BCUT2D eigenvalue weighted by molar-refractivity contribution is 5.51. The van der Waals surface area contributed by atoms with E-state index in [9.17, 15) is 0 Å². The van der Waals surface area contributed by atoms with Gasteiger partial charge in [-0.05, 0) is 70.3 Å². The van der Waals surface area contributed by atoms with Crippen LogP contribution in [0.5, 0.6) is 5.75 Å². The molecule has 0 spiro atoms. The molecule has 138 valence electrons. The molecule has 0 amide bonds. The van der Waals surface area contributed by atoms with E-state index in [1.54, 1.807) is 7.11 Å². The number of likely N-dealkylation sites (tertiary alicyclic amines) is 2. The highest BCUT2D eigenvalue weighted by atomic mass is 16.5. The monoisotopic (exact) mass is 343 g/mol. The van der Waals surface area contributed by atoms with Gasteiger partial charge in [0.1, 0.15) is 5.75 Å². The molecule has 0 aliphatic carbocycles. The van der Waals surface area contributed by atoms with Crippen LogP contribution in [0.1, 0.15) is 38.5 Å². The third kappa shape index (κ3) is 3.95. The average Bonchev–Trinajstić information content (AvgIpc) is 3.23. The molecule has 4 heteroatoms. The summed E-state index contributed by atoms with van der Waals surface area (Å²) in [5, 5.41) is 0. The third-order valence-corrected chi connectivity index (χ3v) is 6.48. The first-order chi connectivity index (χ1) is 12.3. The van der Waals surface area contributed by atoms with Crippen LogP contribution in [0.25, 0.3) is 0 Å². The van der Waals surface area contributed by atoms with Gasteiger partial charge in [-0.25, -0.2) is 0 Å². The van der Waals surface area contributed by atoms with Gasteiger partial charge in [0.15, 0.2) is 0 Å². The molecule has 3 aliphatic heterocycles. The number of piperidine rings is 2. The molecule has 1 aromatic rings. The van der Waals surface area contributed by atoms with Gasteiger partial charge in [0, 0.05) is 43.5 Å². The van der Waals surface area contributed by atoms with Gasteiger partial charge in [-0.1, -0.05) is 6.07 Å². The molecule has 3 saturated heterocycles. The fraction of sp³-hybridized carbons (Fsp3) is 0.714. The minimum absolute atomic E-state index is 0.785. The molecule has 0 N–H and O–H groups in total. The van der Waals surface area contributed by atoms with E-state index < -0.39 is 0 Å². The maximum atomic E-state index is 5.38. The number of ether oxygens (including phenoxy) is 1. The number of hydrogen-bond acceptors (Lipinski definition) is 4. The van der Waals surface area contributed by atoms with Gasteiger partial charge in [-0.3, -0.25) is 9.80 Å². The molecule has 1 aromatic carbocycles. The van der Waals surface area contributed by atoms with E-state index in [4.69, 9.17) is 4.74 Å². The van der Waals surface area contributed by atoms with Gasteiger partial charge >= 0.3 is 0 Å². The zero-order valence-corrected chi connectivity index (χ0v) is 15.7. The Morgan fingerprint density at radius 3 is 2.36 bits per heavy atom. The fourth-order valence-electron chi connectivity index (χ4n) is 5.02. The van der Waals surface area contributed by atoms with E-state index in [2.05, 4.69) is 32.9 Å². The number of methoxy groups -OCH3 is 1. The van der Waals surface area contributed by atoms with Gasteiger partial charge in [0.25, 0.3) is 0 Å². The molecule has 4 nitrogen and oxygen atoms in total. The van der Waals surface area contributed by atoms with Crippen molar-refractivity contribution in [3.05, 3.63) is 24.3 Å². The quantitative estimate of drug-likeness (QED) is 0.835. The molecular weight excluding hydrogens is 310 g/mol. The summed E-state index contributed by atoms with van der Waals surface area (Å²) in [7, 11) is 1.75. The van der Waals surface area contributed by atoms with Crippen LogP contribution in [-0.4, -0.2) is 68.3 Å². The minimum Gasteiger partial charge on any atom is -0.497 e. The largest absolute Gasteiger partial charge is 0.497 e. The molecule has 3 fully saturated rings. The molecule has 0 bridgehead atoms. The first kappa shape index (κ1) is 17.2. The van der Waals surface area contributed by atoms with Crippen molar-refractivity contribution in [3.8, 4) is 5.75 Å². The lowest BCUT2D eigenvalue weighted by molar-refractivity contribution is 0.0736. The van der Waals surface area contributed by atoms with Crippen LogP contribution in [0.3, 0.4) is 0 Å².